The molecule has 98 valence electrons. The van der Waals surface area contributed by atoms with Crippen LogP contribution in [0.1, 0.15) is 32.6 Å². The van der Waals surface area contributed by atoms with Crippen LogP contribution in [-0.4, -0.2) is 31.0 Å². The smallest absolute Gasteiger partial charge is 0.306 e. The van der Waals surface area contributed by atoms with Gasteiger partial charge in [-0.2, -0.15) is 12.6 Å². The second-order valence-corrected chi connectivity index (χ2v) is 5.82. The molecule has 4 heteroatoms. The fraction of sp³-hybridized carbons (Fsp3) is 0.923. The third-order valence-corrected chi connectivity index (χ3v) is 4.23. The van der Waals surface area contributed by atoms with Crippen molar-refractivity contribution in [1.29, 1.82) is 0 Å². The Morgan fingerprint density at radius 3 is 2.94 bits per heavy atom. The van der Waals surface area contributed by atoms with Crippen molar-refractivity contribution in [3.63, 3.8) is 0 Å². The number of carbonyl (C=O) groups is 1. The van der Waals surface area contributed by atoms with Crippen LogP contribution in [0, 0.1) is 17.8 Å². The molecule has 1 heterocycles. The molecule has 0 amide bonds. The van der Waals surface area contributed by atoms with Crippen LogP contribution in [0.2, 0.25) is 0 Å². The maximum absolute atomic E-state index is 11.2. The van der Waals surface area contributed by atoms with Crippen LogP contribution in [0.5, 0.6) is 0 Å². The number of thiol groups is 1. The summed E-state index contributed by atoms with van der Waals surface area (Å²) in [7, 11) is 0. The summed E-state index contributed by atoms with van der Waals surface area (Å²) in [5.74, 6) is 2.43. The van der Waals surface area contributed by atoms with Crippen LogP contribution in [0.25, 0.3) is 0 Å². The summed E-state index contributed by atoms with van der Waals surface area (Å²) < 4.78 is 11.0. The molecule has 2 aliphatic rings. The van der Waals surface area contributed by atoms with Gasteiger partial charge in [0.15, 0.2) is 0 Å². The number of hydrogen-bond donors (Lipinski definition) is 1. The Labute approximate surface area is 109 Å². The van der Waals surface area contributed by atoms with Gasteiger partial charge in [-0.15, -0.1) is 0 Å². The fourth-order valence-corrected chi connectivity index (χ4v) is 3.21. The lowest BCUT2D eigenvalue weighted by molar-refractivity contribution is -0.137. The monoisotopic (exact) mass is 258 g/mol. The Kier molecular flexibility index (Phi) is 4.74. The van der Waals surface area contributed by atoms with Gasteiger partial charge in [0, 0.05) is 12.5 Å². The average Bonchev–Trinajstić information content (AvgIpc) is 2.85. The molecule has 4 atom stereocenters. The Morgan fingerprint density at radius 1 is 1.47 bits per heavy atom. The number of carbonyl (C=O) groups excluding carboxylic acids is 1. The third kappa shape index (κ3) is 3.38. The predicted octanol–water partition coefficient (Wildman–Crippen LogP) is 2.30. The van der Waals surface area contributed by atoms with Gasteiger partial charge in [-0.05, 0) is 36.9 Å². The second kappa shape index (κ2) is 6.10. The normalized spacial score (nSPS) is 37.4. The van der Waals surface area contributed by atoms with Crippen LogP contribution in [0.4, 0.5) is 0 Å². The van der Waals surface area contributed by atoms with Gasteiger partial charge in [0.05, 0.1) is 19.1 Å². The van der Waals surface area contributed by atoms with Gasteiger partial charge < -0.3 is 9.47 Å². The zero-order chi connectivity index (χ0) is 12.3. The molecule has 2 fully saturated rings. The first-order chi connectivity index (χ1) is 8.20. The van der Waals surface area contributed by atoms with E-state index in [0.29, 0.717) is 36.9 Å². The molecular formula is C13H22O3S. The quantitative estimate of drug-likeness (QED) is 0.467. The standard InChI is InChI=1S/C13H22O3S/c1-9-5-11(10-7-13(14)16-8-10)12(6-9)15-3-2-4-17/h9-12,17H,2-8H2,1H3. The SMILES string of the molecule is CC1CC(OCCCS)C(C2COC(=O)C2)C1. The molecule has 3 nitrogen and oxygen atoms in total. The third-order valence-electron chi connectivity index (χ3n) is 3.91. The predicted molar refractivity (Wildman–Crippen MR) is 69.2 cm³/mol. The molecule has 0 spiro atoms. The average molecular weight is 258 g/mol. The molecular weight excluding hydrogens is 236 g/mol. The van der Waals surface area contributed by atoms with E-state index in [1.165, 1.54) is 6.42 Å². The molecule has 17 heavy (non-hydrogen) atoms. The van der Waals surface area contributed by atoms with Gasteiger partial charge in [-0.3, -0.25) is 4.79 Å². The lowest BCUT2D eigenvalue weighted by Gasteiger charge is -2.23. The first kappa shape index (κ1) is 13.2. The zero-order valence-electron chi connectivity index (χ0n) is 10.4. The summed E-state index contributed by atoms with van der Waals surface area (Å²) in [5, 5.41) is 0. The van der Waals surface area contributed by atoms with Crippen molar-refractivity contribution in [2.24, 2.45) is 17.8 Å². The first-order valence-corrected chi connectivity index (χ1v) is 7.22. The van der Waals surface area contributed by atoms with Gasteiger partial charge in [0.25, 0.3) is 0 Å². The molecule has 0 bridgehead atoms. The maximum Gasteiger partial charge on any atom is 0.306 e. The van der Waals surface area contributed by atoms with E-state index >= 15 is 0 Å². The van der Waals surface area contributed by atoms with E-state index in [1.54, 1.807) is 0 Å². The van der Waals surface area contributed by atoms with Crippen molar-refractivity contribution >= 4 is 18.6 Å². The molecule has 0 N–H and O–H groups in total. The van der Waals surface area contributed by atoms with Crippen molar-refractivity contribution in [2.75, 3.05) is 19.0 Å². The van der Waals surface area contributed by atoms with Crippen LogP contribution >= 0.6 is 12.6 Å². The molecule has 0 aromatic carbocycles. The maximum atomic E-state index is 11.2. The summed E-state index contributed by atoms with van der Waals surface area (Å²) >= 11 is 4.19. The lowest BCUT2D eigenvalue weighted by Crippen LogP contribution is -2.26. The van der Waals surface area contributed by atoms with Gasteiger partial charge >= 0.3 is 5.97 Å². The summed E-state index contributed by atoms with van der Waals surface area (Å²) in [5.41, 5.74) is 0. The zero-order valence-corrected chi connectivity index (χ0v) is 11.3. The molecule has 0 aromatic rings. The van der Waals surface area contributed by atoms with Gasteiger partial charge in [-0.1, -0.05) is 6.92 Å². The van der Waals surface area contributed by atoms with E-state index in [4.69, 9.17) is 9.47 Å². The summed E-state index contributed by atoms with van der Waals surface area (Å²) in [6, 6.07) is 0. The van der Waals surface area contributed by atoms with E-state index in [-0.39, 0.29) is 5.97 Å². The number of ether oxygens (including phenoxy) is 2. The molecule has 4 unspecified atom stereocenters. The van der Waals surface area contributed by atoms with E-state index in [1.807, 2.05) is 0 Å². The minimum absolute atomic E-state index is 0.0383. The Morgan fingerprint density at radius 2 is 2.29 bits per heavy atom. The number of cyclic esters (lactones) is 1. The molecule has 0 radical (unpaired) electrons. The van der Waals surface area contributed by atoms with Crippen LogP contribution in [-0.2, 0) is 14.3 Å². The van der Waals surface area contributed by atoms with Gasteiger partial charge in [-0.25, -0.2) is 0 Å². The van der Waals surface area contributed by atoms with Crippen molar-refractivity contribution in [1.82, 2.24) is 0 Å². The lowest BCUT2D eigenvalue weighted by atomic mass is 9.88. The molecule has 2 rings (SSSR count). The highest BCUT2D eigenvalue weighted by Crippen LogP contribution is 2.40. The van der Waals surface area contributed by atoms with E-state index in [9.17, 15) is 4.79 Å². The molecule has 1 saturated heterocycles. The van der Waals surface area contributed by atoms with Crippen LogP contribution < -0.4 is 0 Å². The summed E-state index contributed by atoms with van der Waals surface area (Å²) in [6.07, 6.45) is 4.21. The van der Waals surface area contributed by atoms with E-state index in [0.717, 1.165) is 25.2 Å². The highest BCUT2D eigenvalue weighted by molar-refractivity contribution is 7.80. The Balaban J connectivity index is 1.87. The van der Waals surface area contributed by atoms with Gasteiger partial charge in [0.1, 0.15) is 0 Å². The van der Waals surface area contributed by atoms with Crippen molar-refractivity contribution in [3.05, 3.63) is 0 Å². The van der Waals surface area contributed by atoms with Crippen molar-refractivity contribution in [3.8, 4) is 0 Å². The molecule has 0 aromatic heterocycles. The topological polar surface area (TPSA) is 35.5 Å². The van der Waals surface area contributed by atoms with Crippen molar-refractivity contribution < 1.29 is 14.3 Å². The largest absolute Gasteiger partial charge is 0.465 e. The van der Waals surface area contributed by atoms with Gasteiger partial charge in [0.2, 0.25) is 0 Å². The molecule has 1 saturated carbocycles. The minimum atomic E-state index is -0.0383. The number of hydrogen-bond acceptors (Lipinski definition) is 4. The highest BCUT2D eigenvalue weighted by Gasteiger charge is 2.41. The van der Waals surface area contributed by atoms with E-state index in [2.05, 4.69) is 19.6 Å². The Hall–Kier alpha value is -0.220. The van der Waals surface area contributed by atoms with E-state index < -0.39 is 0 Å². The van der Waals surface area contributed by atoms with Crippen LogP contribution in [0.15, 0.2) is 0 Å². The summed E-state index contributed by atoms with van der Waals surface area (Å²) in [6.45, 7) is 3.66. The number of esters is 1. The fourth-order valence-electron chi connectivity index (χ4n) is 3.08. The minimum Gasteiger partial charge on any atom is -0.465 e. The highest BCUT2D eigenvalue weighted by atomic mass is 32.1. The summed E-state index contributed by atoms with van der Waals surface area (Å²) in [4.78, 5) is 11.2. The Bertz CT molecular complexity index is 269. The number of rotatable bonds is 5. The van der Waals surface area contributed by atoms with Crippen molar-refractivity contribution in [2.45, 2.75) is 38.7 Å². The second-order valence-electron chi connectivity index (χ2n) is 5.37. The molecule has 1 aliphatic carbocycles. The first-order valence-electron chi connectivity index (χ1n) is 6.58. The van der Waals surface area contributed by atoms with Crippen LogP contribution in [0.3, 0.4) is 0 Å². The molecule has 1 aliphatic heterocycles.